The van der Waals surface area contributed by atoms with Gasteiger partial charge in [-0.1, -0.05) is 30.3 Å². The third kappa shape index (κ3) is 4.59. The summed E-state index contributed by atoms with van der Waals surface area (Å²) < 4.78 is 0. The summed E-state index contributed by atoms with van der Waals surface area (Å²) in [4.78, 5) is 20.5. The summed E-state index contributed by atoms with van der Waals surface area (Å²) in [6, 6.07) is 14.3. The van der Waals surface area contributed by atoms with Crippen LogP contribution in [0.3, 0.4) is 0 Å². The molecule has 2 aromatic carbocycles. The molecule has 0 aliphatic carbocycles. The minimum atomic E-state index is -0.720. The summed E-state index contributed by atoms with van der Waals surface area (Å²) in [7, 11) is 0. The van der Waals surface area contributed by atoms with Crippen molar-refractivity contribution in [1.82, 2.24) is 0 Å². The van der Waals surface area contributed by atoms with Crippen LogP contribution < -0.4 is 5.43 Å². The molecule has 0 saturated carbocycles. The number of nitrogens with one attached hydrogen (secondary N) is 1. The molecule has 0 unspecified atom stereocenters. The van der Waals surface area contributed by atoms with Crippen LogP contribution in [0.1, 0.15) is 18.4 Å². The molecule has 25 heavy (non-hydrogen) atoms. The van der Waals surface area contributed by atoms with E-state index in [0.29, 0.717) is 12.1 Å². The lowest BCUT2D eigenvalue weighted by Crippen LogP contribution is -2.05. The van der Waals surface area contributed by atoms with Gasteiger partial charge >= 0.3 is 5.69 Å². The van der Waals surface area contributed by atoms with Crippen molar-refractivity contribution in [3.63, 3.8) is 0 Å². The lowest BCUT2D eigenvalue weighted by atomic mass is 10.1. The van der Waals surface area contributed by atoms with Gasteiger partial charge in [0.1, 0.15) is 5.69 Å². The SMILES string of the molecule is N#CCCC(=NNc1ccc([N+](=O)[O-])cc1[N+](=O)[O-])c1ccccc1. The van der Waals surface area contributed by atoms with Crippen LogP contribution in [0, 0.1) is 31.6 Å². The largest absolute Gasteiger partial charge is 0.301 e. The molecule has 0 atom stereocenters. The Morgan fingerprint density at radius 2 is 1.84 bits per heavy atom. The molecule has 0 bridgehead atoms. The second-order valence-electron chi connectivity index (χ2n) is 4.91. The monoisotopic (exact) mass is 339 g/mol. The number of benzene rings is 2. The van der Waals surface area contributed by atoms with Crippen LogP contribution in [-0.2, 0) is 0 Å². The maximum absolute atomic E-state index is 11.1. The lowest BCUT2D eigenvalue weighted by molar-refractivity contribution is -0.393. The van der Waals surface area contributed by atoms with Gasteiger partial charge in [0.15, 0.2) is 0 Å². The smallest absolute Gasteiger partial charge is 0.271 e. The average molecular weight is 339 g/mol. The van der Waals surface area contributed by atoms with E-state index in [1.165, 1.54) is 6.07 Å². The van der Waals surface area contributed by atoms with E-state index in [0.717, 1.165) is 17.7 Å². The fraction of sp³-hybridized carbons (Fsp3) is 0.125. The number of hydrogen-bond donors (Lipinski definition) is 1. The Labute approximate surface area is 142 Å². The van der Waals surface area contributed by atoms with Gasteiger partial charge in [-0.3, -0.25) is 25.7 Å². The topological polar surface area (TPSA) is 134 Å². The zero-order valence-electron chi connectivity index (χ0n) is 13.0. The first-order valence-corrected chi connectivity index (χ1v) is 7.20. The number of nitro groups is 2. The van der Waals surface area contributed by atoms with Crippen molar-refractivity contribution in [2.45, 2.75) is 12.8 Å². The predicted octanol–water partition coefficient (Wildman–Crippen LogP) is 3.62. The average Bonchev–Trinajstić information content (AvgIpc) is 2.62. The van der Waals surface area contributed by atoms with Crippen molar-refractivity contribution >= 4 is 22.8 Å². The Balaban J connectivity index is 2.35. The Bertz CT molecular complexity index is 859. The number of nitriles is 1. The van der Waals surface area contributed by atoms with Gasteiger partial charge in [-0.15, -0.1) is 0 Å². The molecule has 0 saturated heterocycles. The molecule has 0 aromatic heterocycles. The third-order valence-corrected chi connectivity index (χ3v) is 3.28. The van der Waals surface area contributed by atoms with Gasteiger partial charge in [-0.05, 0) is 11.6 Å². The minimum Gasteiger partial charge on any atom is -0.271 e. The molecule has 9 nitrogen and oxygen atoms in total. The summed E-state index contributed by atoms with van der Waals surface area (Å²) in [5.74, 6) is 0. The molecular weight excluding hydrogens is 326 g/mol. The van der Waals surface area contributed by atoms with Crippen LogP contribution in [0.25, 0.3) is 0 Å². The first-order chi connectivity index (χ1) is 12.0. The predicted molar refractivity (Wildman–Crippen MR) is 91.2 cm³/mol. The Morgan fingerprint density at radius 3 is 2.44 bits per heavy atom. The van der Waals surface area contributed by atoms with Crippen molar-refractivity contribution in [3.05, 3.63) is 74.3 Å². The Hall–Kier alpha value is -3.80. The fourth-order valence-electron chi connectivity index (χ4n) is 2.08. The first kappa shape index (κ1) is 17.6. The van der Waals surface area contributed by atoms with E-state index in [2.05, 4.69) is 10.5 Å². The number of rotatable bonds is 7. The highest BCUT2D eigenvalue weighted by Crippen LogP contribution is 2.29. The van der Waals surface area contributed by atoms with Gasteiger partial charge in [-0.25, -0.2) is 0 Å². The molecule has 0 amide bonds. The summed E-state index contributed by atoms with van der Waals surface area (Å²) in [6.07, 6.45) is 0.589. The van der Waals surface area contributed by atoms with Crippen LogP contribution in [0.15, 0.2) is 53.6 Å². The first-order valence-electron chi connectivity index (χ1n) is 7.20. The number of nitrogens with zero attached hydrogens (tertiary/aromatic N) is 4. The van der Waals surface area contributed by atoms with Crippen molar-refractivity contribution in [1.29, 1.82) is 5.26 Å². The normalized spacial score (nSPS) is 10.8. The molecular formula is C16H13N5O4. The molecule has 0 radical (unpaired) electrons. The highest BCUT2D eigenvalue weighted by molar-refractivity contribution is 6.01. The van der Waals surface area contributed by atoms with Crippen molar-refractivity contribution < 1.29 is 9.85 Å². The van der Waals surface area contributed by atoms with Crippen molar-refractivity contribution in [2.24, 2.45) is 5.10 Å². The molecule has 0 aliphatic rings. The Kier molecular flexibility index (Phi) is 5.73. The van der Waals surface area contributed by atoms with Gasteiger partial charge in [0.25, 0.3) is 5.69 Å². The van der Waals surface area contributed by atoms with E-state index in [1.807, 2.05) is 36.4 Å². The molecule has 2 rings (SSSR count). The number of hydrazone groups is 1. The van der Waals surface area contributed by atoms with Crippen molar-refractivity contribution in [2.75, 3.05) is 5.43 Å². The van der Waals surface area contributed by atoms with Gasteiger partial charge < -0.3 is 0 Å². The summed E-state index contributed by atoms with van der Waals surface area (Å²) in [5.41, 5.74) is 3.10. The van der Waals surface area contributed by atoms with E-state index < -0.39 is 15.5 Å². The third-order valence-electron chi connectivity index (χ3n) is 3.28. The zero-order chi connectivity index (χ0) is 18.2. The van der Waals surface area contributed by atoms with Crippen LogP contribution in [0.4, 0.5) is 17.1 Å². The number of nitro benzene ring substituents is 2. The van der Waals surface area contributed by atoms with Gasteiger partial charge in [0, 0.05) is 18.9 Å². The summed E-state index contributed by atoms with van der Waals surface area (Å²) in [6.45, 7) is 0. The van der Waals surface area contributed by atoms with Crippen LogP contribution in [-0.4, -0.2) is 15.6 Å². The van der Waals surface area contributed by atoms with Crippen LogP contribution in [0.5, 0.6) is 0 Å². The fourth-order valence-corrected chi connectivity index (χ4v) is 2.08. The van der Waals surface area contributed by atoms with Gasteiger partial charge in [0.05, 0.1) is 27.7 Å². The van der Waals surface area contributed by atoms with E-state index in [1.54, 1.807) is 0 Å². The van der Waals surface area contributed by atoms with Crippen molar-refractivity contribution in [3.8, 4) is 6.07 Å². The molecule has 1 N–H and O–H groups in total. The molecule has 2 aromatic rings. The second-order valence-corrected chi connectivity index (χ2v) is 4.91. The maximum Gasteiger partial charge on any atom is 0.301 e. The lowest BCUT2D eigenvalue weighted by Gasteiger charge is -2.07. The van der Waals surface area contributed by atoms with E-state index in [-0.39, 0.29) is 17.8 Å². The van der Waals surface area contributed by atoms with E-state index >= 15 is 0 Å². The molecule has 0 fully saturated rings. The summed E-state index contributed by atoms with van der Waals surface area (Å²) in [5, 5.41) is 34.8. The second kappa shape index (κ2) is 8.16. The van der Waals surface area contributed by atoms with Crippen LogP contribution in [0.2, 0.25) is 0 Å². The molecule has 126 valence electrons. The molecule has 0 aliphatic heterocycles. The minimum absolute atomic E-state index is 0.0287. The molecule has 0 heterocycles. The highest BCUT2D eigenvalue weighted by atomic mass is 16.6. The summed E-state index contributed by atoms with van der Waals surface area (Å²) >= 11 is 0. The number of hydrogen-bond acceptors (Lipinski definition) is 7. The van der Waals surface area contributed by atoms with Gasteiger partial charge in [0.2, 0.25) is 0 Å². The Morgan fingerprint density at radius 1 is 1.12 bits per heavy atom. The standard InChI is InChI=1S/C16H13N5O4/c17-10-4-7-14(12-5-2-1-3-6-12)18-19-15-9-8-13(20(22)23)11-16(15)21(24)25/h1-3,5-6,8-9,11,19H,4,7H2. The van der Waals surface area contributed by atoms with E-state index in [4.69, 9.17) is 5.26 Å². The van der Waals surface area contributed by atoms with Gasteiger partial charge in [-0.2, -0.15) is 10.4 Å². The van der Waals surface area contributed by atoms with E-state index in [9.17, 15) is 20.2 Å². The maximum atomic E-state index is 11.1. The molecule has 9 heteroatoms. The zero-order valence-corrected chi connectivity index (χ0v) is 13.0. The number of non-ortho nitro benzene ring substituents is 1. The van der Waals surface area contributed by atoms with Crippen LogP contribution >= 0.6 is 0 Å². The molecule has 0 spiro atoms. The quantitative estimate of drug-likeness (QED) is 0.465. The highest BCUT2D eigenvalue weighted by Gasteiger charge is 2.19. The number of anilines is 1.